The number of benzene rings is 1. The van der Waals surface area contributed by atoms with Crippen molar-refractivity contribution < 1.29 is 13.6 Å². The lowest BCUT2D eigenvalue weighted by atomic mass is 10.1. The summed E-state index contributed by atoms with van der Waals surface area (Å²) >= 11 is 5.71. The maximum Gasteiger partial charge on any atom is 0.179 e. The van der Waals surface area contributed by atoms with Crippen molar-refractivity contribution in [2.24, 2.45) is 0 Å². The van der Waals surface area contributed by atoms with Crippen molar-refractivity contribution in [3.8, 4) is 0 Å². The van der Waals surface area contributed by atoms with Gasteiger partial charge in [0.1, 0.15) is 5.82 Å². The Bertz CT molecular complexity index is 352. The van der Waals surface area contributed by atoms with Gasteiger partial charge < -0.3 is 0 Å². The highest BCUT2D eigenvalue weighted by molar-refractivity contribution is 9.10. The summed E-state index contributed by atoms with van der Waals surface area (Å²) in [4.78, 5) is 11.1. The molecule has 0 saturated heterocycles. The Labute approximate surface area is 90.4 Å². The second-order valence-electron chi connectivity index (χ2n) is 2.27. The lowest BCUT2D eigenvalue weighted by Crippen LogP contribution is -2.07. The molecule has 1 nitrogen and oxygen atoms in total. The molecule has 0 N–H and O–H groups in total. The standard InChI is InChI=1S/C8H4Br2F2O/c9-3-6(13)7-5(11)2-1-4(10)8(7)12/h1-2H,3H2. The van der Waals surface area contributed by atoms with Gasteiger partial charge in [0, 0.05) is 0 Å². The third-order valence-electron chi connectivity index (χ3n) is 1.44. The average Bonchev–Trinajstić information content (AvgIpc) is 2.12. The Balaban J connectivity index is 3.33. The largest absolute Gasteiger partial charge is 0.293 e. The fraction of sp³-hybridized carbons (Fsp3) is 0.125. The van der Waals surface area contributed by atoms with Crippen molar-refractivity contribution in [3.63, 3.8) is 0 Å². The van der Waals surface area contributed by atoms with E-state index in [2.05, 4.69) is 31.9 Å². The lowest BCUT2D eigenvalue weighted by Gasteiger charge is -2.02. The highest BCUT2D eigenvalue weighted by Gasteiger charge is 2.18. The fourth-order valence-corrected chi connectivity index (χ4v) is 1.46. The number of hydrogen-bond acceptors (Lipinski definition) is 1. The maximum atomic E-state index is 13.2. The molecular weight excluding hydrogens is 310 g/mol. The smallest absolute Gasteiger partial charge is 0.179 e. The molecule has 0 spiro atoms. The molecule has 13 heavy (non-hydrogen) atoms. The normalized spacial score (nSPS) is 10.2. The number of ketones is 1. The Hall–Kier alpha value is -0.290. The van der Waals surface area contributed by atoms with Crippen LogP contribution in [-0.4, -0.2) is 11.1 Å². The van der Waals surface area contributed by atoms with Gasteiger partial charge in [-0.2, -0.15) is 0 Å². The van der Waals surface area contributed by atoms with Crippen molar-refractivity contribution in [2.75, 3.05) is 5.33 Å². The summed E-state index contributed by atoms with van der Waals surface area (Å²) in [6.07, 6.45) is 0. The zero-order valence-electron chi connectivity index (χ0n) is 6.28. The summed E-state index contributed by atoms with van der Waals surface area (Å²) in [5.41, 5.74) is -0.508. The highest BCUT2D eigenvalue weighted by atomic mass is 79.9. The molecule has 1 rings (SSSR count). The minimum Gasteiger partial charge on any atom is -0.293 e. The zero-order valence-corrected chi connectivity index (χ0v) is 9.45. The van der Waals surface area contributed by atoms with Gasteiger partial charge in [-0.1, -0.05) is 15.9 Å². The zero-order chi connectivity index (χ0) is 10.0. The van der Waals surface area contributed by atoms with Crippen LogP contribution in [0.1, 0.15) is 10.4 Å². The number of alkyl halides is 1. The van der Waals surface area contributed by atoms with Crippen molar-refractivity contribution >= 4 is 37.6 Å². The summed E-state index contributed by atoms with van der Waals surface area (Å²) in [5, 5.41) is -0.0999. The van der Waals surface area contributed by atoms with E-state index < -0.39 is 23.0 Å². The molecular formula is C8H4Br2F2O. The van der Waals surface area contributed by atoms with Gasteiger partial charge in [0.15, 0.2) is 11.6 Å². The van der Waals surface area contributed by atoms with Gasteiger partial charge in [0.25, 0.3) is 0 Å². The lowest BCUT2D eigenvalue weighted by molar-refractivity contribution is 0.101. The third kappa shape index (κ3) is 2.14. The van der Waals surface area contributed by atoms with Gasteiger partial charge in [-0.15, -0.1) is 0 Å². The van der Waals surface area contributed by atoms with Gasteiger partial charge in [-0.25, -0.2) is 8.78 Å². The van der Waals surface area contributed by atoms with Gasteiger partial charge in [-0.3, -0.25) is 4.79 Å². The van der Waals surface area contributed by atoms with Gasteiger partial charge in [-0.05, 0) is 28.1 Å². The quantitative estimate of drug-likeness (QED) is 0.465. The summed E-state index contributed by atoms with van der Waals surface area (Å²) in [7, 11) is 0. The van der Waals surface area contributed by atoms with Crippen molar-refractivity contribution in [2.45, 2.75) is 0 Å². The minimum absolute atomic E-state index is 0.0817. The molecule has 1 aromatic rings. The number of hydrogen-bond donors (Lipinski definition) is 0. The van der Waals surface area contributed by atoms with E-state index in [1.54, 1.807) is 0 Å². The average molecular weight is 314 g/mol. The van der Waals surface area contributed by atoms with Gasteiger partial charge in [0.2, 0.25) is 0 Å². The molecule has 0 aliphatic carbocycles. The maximum absolute atomic E-state index is 13.2. The predicted octanol–water partition coefficient (Wildman–Crippen LogP) is 3.30. The Morgan fingerprint density at radius 1 is 1.38 bits per heavy atom. The molecule has 0 fully saturated rings. The van der Waals surface area contributed by atoms with Gasteiger partial charge in [0.05, 0.1) is 15.4 Å². The first-order valence-electron chi connectivity index (χ1n) is 3.30. The second kappa shape index (κ2) is 4.28. The van der Waals surface area contributed by atoms with Crippen LogP contribution in [0.3, 0.4) is 0 Å². The summed E-state index contributed by atoms with van der Waals surface area (Å²) in [5.74, 6) is -2.31. The number of Topliss-reactive ketones (excluding diaryl/α,β-unsaturated/α-hetero) is 1. The number of rotatable bonds is 2. The summed E-state index contributed by atoms with van der Waals surface area (Å²) < 4.78 is 26.2. The van der Waals surface area contributed by atoms with Crippen LogP contribution in [0.4, 0.5) is 8.78 Å². The van der Waals surface area contributed by atoms with Crippen LogP contribution in [0.25, 0.3) is 0 Å². The van der Waals surface area contributed by atoms with E-state index in [4.69, 9.17) is 0 Å². The van der Waals surface area contributed by atoms with Crippen molar-refractivity contribution in [3.05, 3.63) is 33.8 Å². The van der Waals surface area contributed by atoms with E-state index in [1.807, 2.05) is 0 Å². The molecule has 0 unspecified atom stereocenters. The second-order valence-corrected chi connectivity index (χ2v) is 3.69. The number of carbonyl (C=O) groups excluding carboxylic acids is 1. The summed E-state index contributed by atoms with van der Waals surface area (Å²) in [6, 6.07) is 2.26. The predicted molar refractivity (Wildman–Crippen MR) is 52.2 cm³/mol. The molecule has 0 amide bonds. The SMILES string of the molecule is O=C(CBr)c1c(F)ccc(Br)c1F. The van der Waals surface area contributed by atoms with Crippen LogP contribution < -0.4 is 0 Å². The Morgan fingerprint density at radius 3 is 2.54 bits per heavy atom. The van der Waals surface area contributed by atoms with E-state index in [0.29, 0.717) is 0 Å². The molecule has 1 aromatic carbocycles. The van der Waals surface area contributed by atoms with Crippen LogP contribution in [-0.2, 0) is 0 Å². The van der Waals surface area contributed by atoms with E-state index in [9.17, 15) is 13.6 Å². The molecule has 0 aliphatic rings. The van der Waals surface area contributed by atoms with Crippen LogP contribution in [0.15, 0.2) is 16.6 Å². The van der Waals surface area contributed by atoms with E-state index in [0.717, 1.165) is 6.07 Å². The Kier molecular flexibility index (Phi) is 3.55. The van der Waals surface area contributed by atoms with Crippen molar-refractivity contribution in [1.29, 1.82) is 0 Å². The molecule has 0 aliphatic heterocycles. The highest BCUT2D eigenvalue weighted by Crippen LogP contribution is 2.22. The monoisotopic (exact) mass is 312 g/mol. The Morgan fingerprint density at radius 2 is 2.00 bits per heavy atom. The van der Waals surface area contributed by atoms with E-state index in [-0.39, 0.29) is 9.80 Å². The first-order valence-corrected chi connectivity index (χ1v) is 5.22. The number of halogens is 4. The molecule has 0 bridgehead atoms. The molecule has 0 radical (unpaired) electrons. The molecule has 0 aromatic heterocycles. The third-order valence-corrected chi connectivity index (χ3v) is 2.57. The first kappa shape index (κ1) is 10.8. The summed E-state index contributed by atoms with van der Waals surface area (Å²) in [6.45, 7) is 0. The van der Waals surface area contributed by atoms with Crippen LogP contribution in [0.2, 0.25) is 0 Å². The van der Waals surface area contributed by atoms with Crippen LogP contribution in [0, 0.1) is 11.6 Å². The fourth-order valence-electron chi connectivity index (χ4n) is 0.849. The molecule has 5 heteroatoms. The molecule has 70 valence electrons. The van der Waals surface area contributed by atoms with Gasteiger partial charge >= 0.3 is 0 Å². The first-order chi connectivity index (χ1) is 6.07. The number of carbonyl (C=O) groups is 1. The minimum atomic E-state index is -0.857. The van der Waals surface area contributed by atoms with E-state index in [1.165, 1.54) is 6.07 Å². The topological polar surface area (TPSA) is 17.1 Å². The molecule has 0 atom stereocenters. The molecule has 0 saturated carbocycles. The van der Waals surface area contributed by atoms with Crippen LogP contribution in [0.5, 0.6) is 0 Å². The van der Waals surface area contributed by atoms with E-state index >= 15 is 0 Å². The molecule has 0 heterocycles. The van der Waals surface area contributed by atoms with Crippen LogP contribution >= 0.6 is 31.9 Å². The van der Waals surface area contributed by atoms with Crippen molar-refractivity contribution in [1.82, 2.24) is 0 Å².